The van der Waals surface area contributed by atoms with Crippen LogP contribution < -0.4 is 10.5 Å². The fraction of sp³-hybridized carbons (Fsp3) is 0.625. The third kappa shape index (κ3) is 3.29. The van der Waals surface area contributed by atoms with Crippen molar-refractivity contribution in [1.82, 2.24) is 14.9 Å². The lowest BCUT2D eigenvalue weighted by Gasteiger charge is -2.24. The lowest BCUT2D eigenvalue weighted by molar-refractivity contribution is 0.427. The Hall–Kier alpha value is -0.920. The second kappa shape index (κ2) is 4.30. The van der Waals surface area contributed by atoms with Gasteiger partial charge in [-0.2, -0.15) is 5.10 Å². The predicted octanol–water partition coefficient (Wildman–Crippen LogP) is -0.185. The van der Waals surface area contributed by atoms with Crippen molar-refractivity contribution in [3.05, 3.63) is 12.3 Å². The highest BCUT2D eigenvalue weighted by Crippen LogP contribution is 2.12. The van der Waals surface area contributed by atoms with Crippen LogP contribution in [0.1, 0.15) is 20.3 Å². The zero-order valence-electron chi connectivity index (χ0n) is 8.82. The van der Waals surface area contributed by atoms with Gasteiger partial charge in [-0.05, 0) is 32.9 Å². The van der Waals surface area contributed by atoms with Crippen molar-refractivity contribution in [1.29, 1.82) is 0 Å². The lowest BCUT2D eigenvalue weighted by Crippen LogP contribution is -2.44. The molecule has 6 nitrogen and oxygen atoms in total. The average molecular weight is 232 g/mol. The molecule has 1 heterocycles. The molecular formula is C8H16N4O2S. The highest BCUT2D eigenvalue weighted by atomic mass is 32.2. The summed E-state index contributed by atoms with van der Waals surface area (Å²) in [7, 11) is -3.52. The van der Waals surface area contributed by atoms with E-state index in [1.54, 1.807) is 13.8 Å². The number of nitrogens with two attached hydrogens (primary N) is 1. The molecule has 0 radical (unpaired) electrons. The van der Waals surface area contributed by atoms with Gasteiger partial charge in [-0.1, -0.05) is 0 Å². The van der Waals surface area contributed by atoms with Crippen LogP contribution in [0.4, 0.5) is 0 Å². The van der Waals surface area contributed by atoms with Crippen LogP contribution in [0.2, 0.25) is 0 Å². The van der Waals surface area contributed by atoms with Crippen LogP contribution in [0.25, 0.3) is 0 Å². The fourth-order valence-corrected chi connectivity index (χ4v) is 2.58. The molecule has 0 atom stereocenters. The molecule has 0 amide bonds. The normalized spacial score (nSPS) is 13.0. The second-order valence-electron chi connectivity index (χ2n) is 3.95. The number of nitrogens with one attached hydrogen (secondary N) is 2. The van der Waals surface area contributed by atoms with Crippen molar-refractivity contribution in [3.8, 4) is 0 Å². The van der Waals surface area contributed by atoms with Gasteiger partial charge in [-0.15, -0.1) is 0 Å². The summed E-state index contributed by atoms with van der Waals surface area (Å²) in [6.07, 6.45) is 1.96. The van der Waals surface area contributed by atoms with Gasteiger partial charge in [0.1, 0.15) is 0 Å². The Balaban J connectivity index is 2.82. The summed E-state index contributed by atoms with van der Waals surface area (Å²) in [5.41, 5.74) is 4.84. The first kappa shape index (κ1) is 12.2. The zero-order chi connectivity index (χ0) is 11.5. The number of H-pyrrole nitrogens is 1. The minimum atomic E-state index is -3.52. The number of aromatic nitrogens is 2. The predicted molar refractivity (Wildman–Crippen MR) is 56.7 cm³/mol. The quantitative estimate of drug-likeness (QED) is 0.655. The number of sulfonamides is 1. The minimum Gasteiger partial charge on any atom is -0.330 e. The standard InChI is InChI=1S/C8H16N4O2S/c1-8(2,4-5-9)12-15(13,14)7-3-6-10-11-7/h3,6,12H,4-5,9H2,1-2H3,(H,10,11). The van der Waals surface area contributed by atoms with Gasteiger partial charge >= 0.3 is 0 Å². The maximum atomic E-state index is 11.8. The number of aromatic amines is 1. The topological polar surface area (TPSA) is 101 Å². The Morgan fingerprint density at radius 1 is 1.60 bits per heavy atom. The Morgan fingerprint density at radius 3 is 2.73 bits per heavy atom. The number of rotatable bonds is 5. The maximum absolute atomic E-state index is 11.8. The first-order chi connectivity index (χ1) is 6.87. The molecule has 7 heteroatoms. The minimum absolute atomic E-state index is 0.0626. The first-order valence-corrected chi connectivity index (χ1v) is 6.09. The van der Waals surface area contributed by atoms with E-state index in [0.717, 1.165) is 0 Å². The molecule has 0 aliphatic rings. The van der Waals surface area contributed by atoms with Crippen molar-refractivity contribution >= 4 is 10.0 Å². The monoisotopic (exact) mass is 232 g/mol. The smallest absolute Gasteiger partial charge is 0.257 e. The van der Waals surface area contributed by atoms with Gasteiger partial charge in [0.25, 0.3) is 10.0 Å². The van der Waals surface area contributed by atoms with E-state index in [1.807, 2.05) is 0 Å². The first-order valence-electron chi connectivity index (χ1n) is 4.61. The Kier molecular flexibility index (Phi) is 3.48. The van der Waals surface area contributed by atoms with Gasteiger partial charge in [0, 0.05) is 5.54 Å². The van der Waals surface area contributed by atoms with Crippen molar-refractivity contribution in [2.75, 3.05) is 6.54 Å². The van der Waals surface area contributed by atoms with Crippen LogP contribution in [-0.4, -0.2) is 30.7 Å². The summed E-state index contributed by atoms with van der Waals surface area (Å²) in [5.74, 6) is 0. The molecule has 86 valence electrons. The summed E-state index contributed by atoms with van der Waals surface area (Å²) in [4.78, 5) is 0. The molecule has 1 aromatic rings. The molecule has 0 fully saturated rings. The molecule has 1 rings (SSSR count). The van der Waals surface area contributed by atoms with Crippen molar-refractivity contribution in [2.24, 2.45) is 5.73 Å². The summed E-state index contributed by atoms with van der Waals surface area (Å²) in [6.45, 7) is 4.00. The second-order valence-corrected chi connectivity index (χ2v) is 5.60. The number of hydrogen-bond acceptors (Lipinski definition) is 4. The third-order valence-corrected chi connectivity index (χ3v) is 3.57. The van der Waals surface area contributed by atoms with Crippen molar-refractivity contribution in [3.63, 3.8) is 0 Å². The van der Waals surface area contributed by atoms with Crippen LogP contribution in [0.3, 0.4) is 0 Å². The SMILES string of the molecule is CC(C)(CCN)NS(=O)(=O)c1ccn[nH]1. The summed E-state index contributed by atoms with van der Waals surface area (Å²) in [5, 5.41) is 6.07. The van der Waals surface area contributed by atoms with E-state index in [-0.39, 0.29) is 5.03 Å². The van der Waals surface area contributed by atoms with E-state index in [0.29, 0.717) is 13.0 Å². The van der Waals surface area contributed by atoms with E-state index in [4.69, 9.17) is 5.73 Å². The molecule has 0 aromatic carbocycles. The molecule has 0 spiro atoms. The van der Waals surface area contributed by atoms with E-state index in [1.165, 1.54) is 12.3 Å². The van der Waals surface area contributed by atoms with E-state index < -0.39 is 15.6 Å². The number of nitrogens with zero attached hydrogens (tertiary/aromatic N) is 1. The molecule has 15 heavy (non-hydrogen) atoms. The van der Waals surface area contributed by atoms with E-state index in [9.17, 15) is 8.42 Å². The molecule has 4 N–H and O–H groups in total. The molecule has 0 saturated heterocycles. The van der Waals surface area contributed by atoms with Crippen LogP contribution in [0.15, 0.2) is 17.3 Å². The fourth-order valence-electron chi connectivity index (χ4n) is 1.22. The summed E-state index contributed by atoms with van der Waals surface area (Å²) in [6, 6.07) is 1.40. The van der Waals surface area contributed by atoms with Crippen LogP contribution in [0.5, 0.6) is 0 Å². The van der Waals surface area contributed by atoms with Gasteiger partial charge in [-0.25, -0.2) is 13.1 Å². The average Bonchev–Trinajstić information content (AvgIpc) is 2.52. The molecule has 0 aliphatic heterocycles. The van der Waals surface area contributed by atoms with Gasteiger partial charge < -0.3 is 5.73 Å². The van der Waals surface area contributed by atoms with E-state index in [2.05, 4.69) is 14.9 Å². The van der Waals surface area contributed by atoms with Crippen LogP contribution in [0, 0.1) is 0 Å². The van der Waals surface area contributed by atoms with Gasteiger partial charge in [0.15, 0.2) is 5.03 Å². The van der Waals surface area contributed by atoms with Crippen molar-refractivity contribution < 1.29 is 8.42 Å². The number of hydrogen-bond donors (Lipinski definition) is 3. The molecule has 1 aromatic heterocycles. The Bertz CT molecular complexity index is 396. The summed E-state index contributed by atoms with van der Waals surface area (Å²) < 4.78 is 26.1. The molecule has 0 aliphatic carbocycles. The van der Waals surface area contributed by atoms with Crippen LogP contribution >= 0.6 is 0 Å². The molecule has 0 saturated carbocycles. The van der Waals surface area contributed by atoms with Crippen LogP contribution in [-0.2, 0) is 10.0 Å². The highest BCUT2D eigenvalue weighted by Gasteiger charge is 2.26. The highest BCUT2D eigenvalue weighted by molar-refractivity contribution is 7.89. The Labute approximate surface area is 89.3 Å². The maximum Gasteiger partial charge on any atom is 0.257 e. The molecule has 0 bridgehead atoms. The Morgan fingerprint density at radius 2 is 2.27 bits per heavy atom. The van der Waals surface area contributed by atoms with Gasteiger partial charge in [0.05, 0.1) is 6.20 Å². The van der Waals surface area contributed by atoms with E-state index >= 15 is 0 Å². The largest absolute Gasteiger partial charge is 0.330 e. The van der Waals surface area contributed by atoms with Crippen molar-refractivity contribution in [2.45, 2.75) is 30.8 Å². The summed E-state index contributed by atoms with van der Waals surface area (Å²) >= 11 is 0. The molecular weight excluding hydrogens is 216 g/mol. The van der Waals surface area contributed by atoms with Gasteiger partial charge in [-0.3, -0.25) is 5.10 Å². The van der Waals surface area contributed by atoms with Gasteiger partial charge in [0.2, 0.25) is 0 Å². The zero-order valence-corrected chi connectivity index (χ0v) is 9.63. The lowest BCUT2D eigenvalue weighted by atomic mass is 10.0. The third-order valence-electron chi connectivity index (χ3n) is 1.94. The molecule has 0 unspecified atom stereocenters.